The molecule has 0 fully saturated rings. The molecule has 4 nitrogen and oxygen atoms in total. The fourth-order valence-electron chi connectivity index (χ4n) is 4.35. The molecule has 5 rings (SSSR count). The van der Waals surface area contributed by atoms with Crippen molar-refractivity contribution in [3.63, 3.8) is 0 Å². The minimum atomic E-state index is -0.0829. The summed E-state index contributed by atoms with van der Waals surface area (Å²) in [6.45, 7) is 4.50. The van der Waals surface area contributed by atoms with E-state index in [0.29, 0.717) is 0 Å². The van der Waals surface area contributed by atoms with E-state index in [4.69, 9.17) is 9.52 Å². The van der Waals surface area contributed by atoms with Gasteiger partial charge in [-0.25, -0.2) is 0 Å². The van der Waals surface area contributed by atoms with Crippen LogP contribution in [-0.2, 0) is 5.41 Å². The molecule has 0 spiro atoms. The zero-order valence-electron chi connectivity index (χ0n) is 17.2. The molecule has 0 unspecified atom stereocenters. The number of rotatable bonds is 3. The molecule has 29 heavy (non-hydrogen) atoms. The molecule has 0 bridgehead atoms. The number of hydrazone groups is 1. The summed E-state index contributed by atoms with van der Waals surface area (Å²) in [6, 6.07) is 22.9. The number of anilines is 1. The van der Waals surface area contributed by atoms with Crippen LogP contribution < -0.4 is 5.01 Å². The van der Waals surface area contributed by atoms with Crippen LogP contribution in [0.3, 0.4) is 0 Å². The van der Waals surface area contributed by atoms with Crippen molar-refractivity contribution < 1.29 is 8.99 Å². The van der Waals surface area contributed by atoms with E-state index >= 15 is 0 Å². The van der Waals surface area contributed by atoms with Crippen LogP contribution in [-0.4, -0.2) is 30.6 Å². The van der Waals surface area contributed by atoms with Crippen molar-refractivity contribution >= 4 is 45.2 Å². The van der Waals surface area contributed by atoms with Gasteiger partial charge in [-0.15, -0.1) is 0 Å². The molecule has 4 aromatic rings. The summed E-state index contributed by atoms with van der Waals surface area (Å²) >= 11 is 0. The Morgan fingerprint density at radius 2 is 1.66 bits per heavy atom. The first-order valence-corrected chi connectivity index (χ1v) is 9.86. The molecule has 1 aliphatic rings. The fourth-order valence-corrected chi connectivity index (χ4v) is 4.35. The van der Waals surface area contributed by atoms with Crippen LogP contribution in [0.25, 0.3) is 21.9 Å². The molecular formula is C25H24N3O+. The van der Waals surface area contributed by atoms with Crippen molar-refractivity contribution in [1.29, 1.82) is 0 Å². The monoisotopic (exact) mass is 382 g/mol. The van der Waals surface area contributed by atoms with Gasteiger partial charge in [0, 0.05) is 29.4 Å². The molecule has 0 N–H and O–H groups in total. The van der Waals surface area contributed by atoms with Gasteiger partial charge in [0.25, 0.3) is 0 Å². The molecule has 1 aliphatic heterocycles. The van der Waals surface area contributed by atoms with E-state index in [-0.39, 0.29) is 5.41 Å². The summed E-state index contributed by atoms with van der Waals surface area (Å²) in [7, 11) is 4.09. The Kier molecular flexibility index (Phi) is 3.85. The molecule has 0 amide bonds. The minimum absolute atomic E-state index is 0.0829. The Bertz CT molecular complexity index is 1310. The van der Waals surface area contributed by atoms with Crippen LogP contribution in [0.1, 0.15) is 19.4 Å². The van der Waals surface area contributed by atoms with Gasteiger partial charge in [-0.1, -0.05) is 36.4 Å². The number of fused-ring (bicyclic) bond motifs is 4. The Morgan fingerprint density at radius 3 is 2.48 bits per heavy atom. The number of furan rings is 1. The van der Waals surface area contributed by atoms with Crippen LogP contribution in [0.2, 0.25) is 0 Å². The van der Waals surface area contributed by atoms with Gasteiger partial charge in [0.1, 0.15) is 24.4 Å². The topological polar surface area (TPSA) is 31.8 Å². The number of para-hydroxylation sites is 2. The lowest BCUT2D eigenvalue weighted by Gasteiger charge is -2.16. The molecule has 0 aliphatic carbocycles. The standard InChI is InChI=1S/C25H24N3O/c1-25(2)20-10-6-7-11-21(20)27(3)24(25)16-26-28(4)17-13-14-23-19(15-17)18-9-5-8-12-22(18)29-23/h5-16H,1-4H3/q+1. The van der Waals surface area contributed by atoms with E-state index in [1.807, 2.05) is 48.6 Å². The van der Waals surface area contributed by atoms with Gasteiger partial charge in [0.2, 0.25) is 11.4 Å². The molecule has 144 valence electrons. The Balaban J connectivity index is 1.50. The van der Waals surface area contributed by atoms with Crippen LogP contribution >= 0.6 is 0 Å². The van der Waals surface area contributed by atoms with Crippen molar-refractivity contribution in [1.82, 2.24) is 0 Å². The molecule has 0 saturated carbocycles. The third-order valence-corrected chi connectivity index (χ3v) is 6.03. The summed E-state index contributed by atoms with van der Waals surface area (Å²) < 4.78 is 8.17. The normalized spacial score (nSPS) is 15.6. The first-order valence-electron chi connectivity index (χ1n) is 9.86. The Hall–Kier alpha value is -3.40. The van der Waals surface area contributed by atoms with Gasteiger partial charge < -0.3 is 4.42 Å². The second kappa shape index (κ2) is 6.31. The number of hydrogen-bond acceptors (Lipinski definition) is 3. The number of benzene rings is 3. The second-order valence-corrected chi connectivity index (χ2v) is 8.13. The lowest BCUT2D eigenvalue weighted by Crippen LogP contribution is -2.30. The zero-order valence-corrected chi connectivity index (χ0v) is 17.2. The van der Waals surface area contributed by atoms with Gasteiger partial charge in [-0.05, 0) is 38.1 Å². The van der Waals surface area contributed by atoms with Gasteiger partial charge >= 0.3 is 0 Å². The van der Waals surface area contributed by atoms with E-state index < -0.39 is 0 Å². The summed E-state index contributed by atoms with van der Waals surface area (Å²) in [5.41, 5.74) is 6.51. The molecule has 3 aromatic carbocycles. The minimum Gasteiger partial charge on any atom is -0.456 e. The van der Waals surface area contributed by atoms with Crippen molar-refractivity contribution in [2.24, 2.45) is 5.10 Å². The quantitative estimate of drug-likeness (QED) is 0.258. The van der Waals surface area contributed by atoms with Gasteiger partial charge in [0.05, 0.1) is 11.1 Å². The zero-order chi connectivity index (χ0) is 20.2. The lowest BCUT2D eigenvalue weighted by atomic mass is 9.82. The average molecular weight is 382 g/mol. The largest absolute Gasteiger partial charge is 0.456 e. The van der Waals surface area contributed by atoms with Crippen LogP contribution in [0.5, 0.6) is 0 Å². The maximum atomic E-state index is 5.94. The molecule has 0 radical (unpaired) electrons. The average Bonchev–Trinajstić information content (AvgIpc) is 3.19. The van der Waals surface area contributed by atoms with E-state index in [1.165, 1.54) is 17.0 Å². The third kappa shape index (κ3) is 2.67. The molecule has 1 aromatic heterocycles. The molecule has 0 saturated heterocycles. The fraction of sp³-hybridized carbons (Fsp3) is 0.200. The highest BCUT2D eigenvalue weighted by molar-refractivity contribution is 6.33. The number of nitrogens with zero attached hydrogens (tertiary/aromatic N) is 3. The van der Waals surface area contributed by atoms with Crippen LogP contribution in [0.4, 0.5) is 11.4 Å². The van der Waals surface area contributed by atoms with Gasteiger partial charge in [0.15, 0.2) is 0 Å². The molecule has 2 heterocycles. The Labute approximate surface area is 170 Å². The predicted octanol–water partition coefficient (Wildman–Crippen LogP) is 5.71. The highest BCUT2D eigenvalue weighted by Gasteiger charge is 2.43. The maximum absolute atomic E-state index is 5.94. The van der Waals surface area contributed by atoms with E-state index in [2.05, 4.69) is 61.9 Å². The predicted molar refractivity (Wildman–Crippen MR) is 121 cm³/mol. The summed E-state index contributed by atoms with van der Waals surface area (Å²) in [5, 5.41) is 8.93. The van der Waals surface area contributed by atoms with Crippen molar-refractivity contribution in [2.45, 2.75) is 19.3 Å². The molecule has 4 heteroatoms. The molecular weight excluding hydrogens is 358 g/mol. The van der Waals surface area contributed by atoms with Crippen LogP contribution in [0, 0.1) is 0 Å². The van der Waals surface area contributed by atoms with E-state index in [1.54, 1.807) is 0 Å². The first-order chi connectivity index (χ1) is 14.0. The van der Waals surface area contributed by atoms with E-state index in [9.17, 15) is 0 Å². The van der Waals surface area contributed by atoms with E-state index in [0.717, 1.165) is 27.6 Å². The summed E-state index contributed by atoms with van der Waals surface area (Å²) in [6.07, 6.45) is 1.98. The first kappa shape index (κ1) is 17.7. The third-order valence-electron chi connectivity index (χ3n) is 6.03. The number of hydrogen-bond donors (Lipinski definition) is 0. The lowest BCUT2D eigenvalue weighted by molar-refractivity contribution is -0.400. The van der Waals surface area contributed by atoms with Crippen LogP contribution in [0.15, 0.2) is 76.2 Å². The van der Waals surface area contributed by atoms with Gasteiger partial charge in [-0.2, -0.15) is 9.68 Å². The Morgan fingerprint density at radius 1 is 0.931 bits per heavy atom. The van der Waals surface area contributed by atoms with Gasteiger partial charge in [-0.3, -0.25) is 5.01 Å². The van der Waals surface area contributed by atoms with Crippen molar-refractivity contribution in [2.75, 3.05) is 19.1 Å². The second-order valence-electron chi connectivity index (χ2n) is 8.13. The summed E-state index contributed by atoms with van der Waals surface area (Å²) in [4.78, 5) is 0. The highest BCUT2D eigenvalue weighted by Crippen LogP contribution is 2.38. The summed E-state index contributed by atoms with van der Waals surface area (Å²) in [5.74, 6) is 0. The van der Waals surface area contributed by atoms with Crippen molar-refractivity contribution in [3.05, 3.63) is 72.3 Å². The SMILES string of the molecule is CN(N=CC1=[N+](C)c2ccccc2C1(C)C)c1ccc2oc3ccccc3c2c1. The smallest absolute Gasteiger partial charge is 0.212 e. The van der Waals surface area contributed by atoms with Crippen molar-refractivity contribution in [3.8, 4) is 0 Å². The molecule has 0 atom stereocenters. The highest BCUT2D eigenvalue weighted by atomic mass is 16.3. The maximum Gasteiger partial charge on any atom is 0.212 e.